The predicted molar refractivity (Wildman–Crippen MR) is 121 cm³/mol. The minimum Gasteiger partial charge on any atom is -0.369 e. The molecule has 12 heteroatoms. The van der Waals surface area contributed by atoms with Crippen LogP contribution >= 0.6 is 22.9 Å². The summed E-state index contributed by atoms with van der Waals surface area (Å²) in [6.45, 7) is 3.11. The van der Waals surface area contributed by atoms with E-state index >= 15 is 0 Å². The third-order valence-electron chi connectivity index (χ3n) is 4.99. The molecule has 0 bridgehead atoms. The Morgan fingerprint density at radius 3 is 2.41 bits per heavy atom. The molecule has 3 aromatic rings. The smallest absolute Gasteiger partial charge is 0.257 e. The van der Waals surface area contributed by atoms with Crippen molar-refractivity contribution in [3.05, 3.63) is 63.9 Å². The summed E-state index contributed by atoms with van der Waals surface area (Å²) in [7, 11) is -3.92. The standard InChI is InChI=1S/C20H19ClFN5O3S2/c1-13-24-25-20(31-13)23-19(28)14-2-7-17(21)18(12-14)32(29,30)27-10-8-26(9-11-27)16-5-3-15(22)4-6-16/h2-7,12H,8-11H2,1H3,(H,23,25,28). The number of nitrogens with zero attached hydrogens (tertiary/aromatic N) is 4. The number of aryl methyl sites for hydroxylation is 1. The number of rotatable bonds is 5. The summed E-state index contributed by atoms with van der Waals surface area (Å²) in [5.41, 5.74) is 0.970. The molecule has 2 heterocycles. The zero-order chi connectivity index (χ0) is 22.9. The Morgan fingerprint density at radius 1 is 1.09 bits per heavy atom. The van der Waals surface area contributed by atoms with E-state index in [4.69, 9.17) is 11.6 Å². The Labute approximate surface area is 193 Å². The summed E-state index contributed by atoms with van der Waals surface area (Å²) in [5, 5.41) is 11.3. The summed E-state index contributed by atoms with van der Waals surface area (Å²) >= 11 is 7.42. The molecule has 168 valence electrons. The molecule has 8 nitrogen and oxygen atoms in total. The second kappa shape index (κ2) is 9.10. The van der Waals surface area contributed by atoms with E-state index in [1.165, 1.54) is 46.0 Å². The highest BCUT2D eigenvalue weighted by Crippen LogP contribution is 2.28. The number of benzene rings is 2. The van der Waals surface area contributed by atoms with Crippen molar-refractivity contribution in [1.29, 1.82) is 0 Å². The summed E-state index contributed by atoms with van der Waals surface area (Å²) in [5.74, 6) is -0.829. The first-order chi connectivity index (χ1) is 15.2. The van der Waals surface area contributed by atoms with E-state index in [9.17, 15) is 17.6 Å². The lowest BCUT2D eigenvalue weighted by Crippen LogP contribution is -2.48. The topological polar surface area (TPSA) is 95.5 Å². The zero-order valence-corrected chi connectivity index (χ0v) is 19.3. The van der Waals surface area contributed by atoms with Gasteiger partial charge in [-0.05, 0) is 49.4 Å². The Hall–Kier alpha value is -2.60. The van der Waals surface area contributed by atoms with Gasteiger partial charge in [-0.1, -0.05) is 22.9 Å². The van der Waals surface area contributed by atoms with Crippen molar-refractivity contribution in [2.45, 2.75) is 11.8 Å². The van der Waals surface area contributed by atoms with Crippen molar-refractivity contribution in [3.63, 3.8) is 0 Å². The van der Waals surface area contributed by atoms with Crippen molar-refractivity contribution in [2.75, 3.05) is 36.4 Å². The lowest BCUT2D eigenvalue weighted by atomic mass is 10.2. The Kier molecular flexibility index (Phi) is 6.42. The number of carbonyl (C=O) groups is 1. The van der Waals surface area contributed by atoms with E-state index in [1.54, 1.807) is 19.1 Å². The van der Waals surface area contributed by atoms with E-state index < -0.39 is 15.9 Å². The molecule has 1 fully saturated rings. The second-order valence-electron chi connectivity index (χ2n) is 7.09. The first-order valence-electron chi connectivity index (χ1n) is 9.66. The van der Waals surface area contributed by atoms with Crippen LogP contribution in [-0.2, 0) is 10.0 Å². The number of sulfonamides is 1. The fraction of sp³-hybridized carbons (Fsp3) is 0.250. The molecule has 1 aliphatic rings. The monoisotopic (exact) mass is 495 g/mol. The molecule has 0 aliphatic carbocycles. The van der Waals surface area contributed by atoms with Crippen LogP contribution in [0.15, 0.2) is 47.4 Å². The van der Waals surface area contributed by atoms with Gasteiger partial charge >= 0.3 is 0 Å². The number of piperazine rings is 1. The van der Waals surface area contributed by atoms with Crippen LogP contribution in [-0.4, -0.2) is 55.0 Å². The second-order valence-corrected chi connectivity index (χ2v) is 10.6. The Bertz CT molecular complexity index is 1240. The van der Waals surface area contributed by atoms with Gasteiger partial charge in [0.05, 0.1) is 5.02 Å². The molecular weight excluding hydrogens is 477 g/mol. The molecular formula is C20H19ClFN5O3S2. The van der Waals surface area contributed by atoms with Gasteiger partial charge in [0.25, 0.3) is 5.91 Å². The molecule has 0 saturated carbocycles. The minimum atomic E-state index is -3.92. The van der Waals surface area contributed by atoms with Gasteiger partial charge in [-0.3, -0.25) is 10.1 Å². The van der Waals surface area contributed by atoms with Gasteiger partial charge in [0.1, 0.15) is 15.7 Å². The fourth-order valence-corrected chi connectivity index (χ4v) is 5.85. The number of hydrogen-bond acceptors (Lipinski definition) is 7. The van der Waals surface area contributed by atoms with Gasteiger partial charge in [0.15, 0.2) is 0 Å². The molecule has 0 atom stereocenters. The highest BCUT2D eigenvalue weighted by Gasteiger charge is 2.31. The number of amides is 1. The molecule has 2 aromatic carbocycles. The SMILES string of the molecule is Cc1nnc(NC(=O)c2ccc(Cl)c(S(=O)(=O)N3CCN(c4ccc(F)cc4)CC3)c2)s1. The van der Waals surface area contributed by atoms with Gasteiger partial charge in [-0.2, -0.15) is 4.31 Å². The van der Waals surface area contributed by atoms with Crippen LogP contribution in [0.5, 0.6) is 0 Å². The Balaban J connectivity index is 1.50. The van der Waals surface area contributed by atoms with Gasteiger partial charge in [0.2, 0.25) is 15.2 Å². The number of halogens is 2. The first kappa shape index (κ1) is 22.6. The zero-order valence-electron chi connectivity index (χ0n) is 17.0. The van der Waals surface area contributed by atoms with Crippen molar-refractivity contribution >= 4 is 49.7 Å². The third-order valence-corrected chi connectivity index (χ3v) is 8.12. The van der Waals surface area contributed by atoms with Gasteiger partial charge in [-0.25, -0.2) is 12.8 Å². The van der Waals surface area contributed by atoms with Gasteiger partial charge in [-0.15, -0.1) is 10.2 Å². The maximum absolute atomic E-state index is 13.3. The molecule has 4 rings (SSSR count). The van der Waals surface area contributed by atoms with Crippen LogP contribution in [0.4, 0.5) is 15.2 Å². The molecule has 1 aromatic heterocycles. The molecule has 32 heavy (non-hydrogen) atoms. The molecule has 0 radical (unpaired) electrons. The molecule has 1 saturated heterocycles. The lowest BCUT2D eigenvalue weighted by molar-refractivity contribution is 0.102. The van der Waals surface area contributed by atoms with Crippen LogP contribution in [0.3, 0.4) is 0 Å². The summed E-state index contributed by atoms with van der Waals surface area (Å²) in [6, 6.07) is 10.2. The molecule has 0 spiro atoms. The fourth-order valence-electron chi connectivity index (χ4n) is 3.34. The average molecular weight is 496 g/mol. The average Bonchev–Trinajstić information content (AvgIpc) is 3.19. The first-order valence-corrected chi connectivity index (χ1v) is 12.3. The van der Waals surface area contributed by atoms with E-state index in [0.717, 1.165) is 5.69 Å². The van der Waals surface area contributed by atoms with Crippen molar-refractivity contribution in [2.24, 2.45) is 0 Å². The predicted octanol–water partition coefficient (Wildman–Crippen LogP) is 3.40. The van der Waals surface area contributed by atoms with Crippen molar-refractivity contribution in [3.8, 4) is 0 Å². The van der Waals surface area contributed by atoms with E-state index in [2.05, 4.69) is 15.5 Å². The lowest BCUT2D eigenvalue weighted by Gasteiger charge is -2.35. The van der Waals surface area contributed by atoms with Crippen LogP contribution in [0.2, 0.25) is 5.02 Å². The van der Waals surface area contributed by atoms with E-state index in [-0.39, 0.29) is 34.4 Å². The number of anilines is 2. The number of nitrogens with one attached hydrogen (secondary N) is 1. The maximum atomic E-state index is 13.3. The van der Waals surface area contributed by atoms with Gasteiger partial charge in [0, 0.05) is 37.4 Å². The quantitative estimate of drug-likeness (QED) is 0.583. The summed E-state index contributed by atoms with van der Waals surface area (Å²) < 4.78 is 41.0. The summed E-state index contributed by atoms with van der Waals surface area (Å²) in [6.07, 6.45) is 0. The van der Waals surface area contributed by atoms with Crippen molar-refractivity contribution < 1.29 is 17.6 Å². The number of carbonyl (C=O) groups excluding carboxylic acids is 1. The van der Waals surface area contributed by atoms with Crippen LogP contribution in [0, 0.1) is 12.7 Å². The normalized spacial score (nSPS) is 15.0. The molecule has 0 unspecified atom stereocenters. The molecule has 1 aliphatic heterocycles. The highest BCUT2D eigenvalue weighted by molar-refractivity contribution is 7.89. The maximum Gasteiger partial charge on any atom is 0.257 e. The summed E-state index contributed by atoms with van der Waals surface area (Å²) in [4.78, 5) is 14.4. The van der Waals surface area contributed by atoms with E-state index in [0.29, 0.717) is 23.2 Å². The largest absolute Gasteiger partial charge is 0.369 e. The van der Waals surface area contributed by atoms with Gasteiger partial charge < -0.3 is 4.90 Å². The van der Waals surface area contributed by atoms with Crippen LogP contribution < -0.4 is 10.2 Å². The van der Waals surface area contributed by atoms with E-state index in [1.807, 2.05) is 4.90 Å². The van der Waals surface area contributed by atoms with Crippen LogP contribution in [0.1, 0.15) is 15.4 Å². The minimum absolute atomic E-state index is 0.0364. The highest BCUT2D eigenvalue weighted by atomic mass is 35.5. The molecule has 1 N–H and O–H groups in total. The Morgan fingerprint density at radius 2 is 1.78 bits per heavy atom. The third kappa shape index (κ3) is 4.75. The molecule has 1 amide bonds. The van der Waals surface area contributed by atoms with Crippen LogP contribution in [0.25, 0.3) is 0 Å². The number of hydrogen-bond donors (Lipinski definition) is 1. The van der Waals surface area contributed by atoms with Crippen molar-refractivity contribution in [1.82, 2.24) is 14.5 Å². The number of aromatic nitrogens is 2.